The van der Waals surface area contributed by atoms with Crippen LogP contribution in [-0.2, 0) is 45.7 Å². The molecule has 4 aromatic rings. The van der Waals surface area contributed by atoms with E-state index >= 15 is 0 Å². The molecule has 1 aliphatic carbocycles. The number of carbonyl (C=O) groups is 2. The molecule has 40 heavy (non-hydrogen) atoms. The lowest BCUT2D eigenvalue weighted by molar-refractivity contribution is -0.139. The molecule has 1 fully saturated rings. The number of pyridine rings is 2. The minimum absolute atomic E-state index is 0.00489. The van der Waals surface area contributed by atoms with E-state index in [1.165, 1.54) is 12.1 Å². The molecule has 0 unspecified atom stereocenters. The van der Waals surface area contributed by atoms with E-state index in [4.69, 9.17) is 9.72 Å². The Morgan fingerprint density at radius 3 is 2.62 bits per heavy atom. The molecule has 2 aromatic heterocycles. The quantitative estimate of drug-likeness (QED) is 0.399. The summed E-state index contributed by atoms with van der Waals surface area (Å²) in [5.41, 5.74) is 5.09. The molecule has 1 atom stereocenters. The molecule has 2 aromatic carbocycles. The average molecular weight is 537 g/mol. The summed E-state index contributed by atoms with van der Waals surface area (Å²) in [4.78, 5) is 37.6. The van der Waals surface area contributed by atoms with E-state index in [1.807, 2.05) is 29.3 Å². The molecule has 202 valence electrons. The molecule has 7 nitrogen and oxygen atoms in total. The van der Waals surface area contributed by atoms with Gasteiger partial charge in [-0.2, -0.15) is 0 Å². The highest BCUT2D eigenvalue weighted by molar-refractivity contribution is 6.06. The summed E-state index contributed by atoms with van der Waals surface area (Å²) in [5, 5.41) is 3.94. The highest BCUT2D eigenvalue weighted by atomic mass is 19.1. The molecule has 8 heteroatoms. The van der Waals surface area contributed by atoms with Crippen LogP contribution in [0.2, 0.25) is 0 Å². The normalized spacial score (nSPS) is 20.0. The van der Waals surface area contributed by atoms with Crippen molar-refractivity contribution in [1.29, 1.82) is 0 Å². The molecule has 1 N–H and O–H groups in total. The zero-order chi connectivity index (χ0) is 27.3. The van der Waals surface area contributed by atoms with E-state index in [-0.39, 0.29) is 23.5 Å². The van der Waals surface area contributed by atoms with E-state index in [0.29, 0.717) is 57.8 Å². The fourth-order valence-corrected chi connectivity index (χ4v) is 6.52. The van der Waals surface area contributed by atoms with Gasteiger partial charge in [0.2, 0.25) is 11.8 Å². The molecule has 2 aliphatic heterocycles. The number of fused-ring (bicyclic) bond motifs is 4. The van der Waals surface area contributed by atoms with Gasteiger partial charge in [-0.05, 0) is 84.3 Å². The summed E-state index contributed by atoms with van der Waals surface area (Å²) in [5.74, 6) is 0.282. The third-order valence-corrected chi connectivity index (χ3v) is 8.55. The van der Waals surface area contributed by atoms with E-state index in [1.54, 1.807) is 12.3 Å². The maximum atomic E-state index is 13.9. The smallest absolute Gasteiger partial charge is 0.237 e. The largest absolute Gasteiger partial charge is 0.381 e. The summed E-state index contributed by atoms with van der Waals surface area (Å²) >= 11 is 0. The van der Waals surface area contributed by atoms with Gasteiger partial charge in [-0.25, -0.2) is 9.37 Å². The highest BCUT2D eigenvalue weighted by Crippen LogP contribution is 2.47. The summed E-state index contributed by atoms with van der Waals surface area (Å²) < 4.78 is 19.4. The topological polar surface area (TPSA) is 84.4 Å². The van der Waals surface area contributed by atoms with Crippen LogP contribution in [0.1, 0.15) is 40.7 Å². The van der Waals surface area contributed by atoms with Crippen LogP contribution in [0, 0.1) is 11.7 Å². The standard InChI is InChI=1S/C32H29FN4O3/c33-26-4-1-3-20(12-26)18-37(30(38)22-6-9-40-10-7-22)19-21-11-23-13-24-15-32(16-25(24)14-28(23)35-17-21)27-5-2-8-34-29(27)36-31(32)39/h1-5,8,11-14,17,22H,6-7,9-10,15-16,18-19H2,(H,34,36,39)/t32-/m0/s1. The second-order valence-corrected chi connectivity index (χ2v) is 11.2. The van der Waals surface area contributed by atoms with Crippen LogP contribution in [0.4, 0.5) is 10.2 Å². The maximum absolute atomic E-state index is 13.9. The number of anilines is 1. The van der Waals surface area contributed by atoms with Crippen molar-refractivity contribution in [3.63, 3.8) is 0 Å². The number of nitrogens with zero attached hydrogens (tertiary/aromatic N) is 3. The Kier molecular flexibility index (Phi) is 6.08. The Balaban J connectivity index is 1.18. The number of ether oxygens (including phenoxy) is 1. The molecule has 0 saturated carbocycles. The van der Waals surface area contributed by atoms with Gasteiger partial charge in [0.05, 0.1) is 10.9 Å². The summed E-state index contributed by atoms with van der Waals surface area (Å²) in [6, 6.07) is 16.6. The van der Waals surface area contributed by atoms with Crippen LogP contribution in [0.3, 0.4) is 0 Å². The number of carbonyl (C=O) groups excluding carboxylic acids is 2. The molecule has 1 saturated heterocycles. The van der Waals surface area contributed by atoms with E-state index < -0.39 is 5.41 Å². The Labute approximate surface area is 231 Å². The van der Waals surface area contributed by atoms with Crippen molar-refractivity contribution < 1.29 is 18.7 Å². The van der Waals surface area contributed by atoms with Gasteiger partial charge in [0.1, 0.15) is 11.6 Å². The van der Waals surface area contributed by atoms with Gasteiger partial charge in [-0.15, -0.1) is 0 Å². The van der Waals surface area contributed by atoms with Crippen molar-refractivity contribution in [1.82, 2.24) is 14.9 Å². The number of nitrogens with one attached hydrogen (secondary N) is 1. The van der Waals surface area contributed by atoms with Crippen LogP contribution >= 0.6 is 0 Å². The average Bonchev–Trinajstić information content (AvgIpc) is 3.47. The first-order chi connectivity index (χ1) is 19.5. The molecule has 0 radical (unpaired) electrons. The monoisotopic (exact) mass is 536 g/mol. The van der Waals surface area contributed by atoms with E-state index in [0.717, 1.165) is 38.7 Å². The second-order valence-electron chi connectivity index (χ2n) is 11.2. The number of rotatable bonds is 5. The number of amides is 2. The van der Waals surface area contributed by atoms with Crippen molar-refractivity contribution in [2.45, 2.75) is 44.2 Å². The minimum atomic E-state index is -0.635. The number of halogens is 1. The van der Waals surface area contributed by atoms with Crippen LogP contribution in [0.15, 0.2) is 67.0 Å². The van der Waals surface area contributed by atoms with Crippen molar-refractivity contribution in [3.8, 4) is 0 Å². The molecule has 7 rings (SSSR count). The maximum Gasteiger partial charge on any atom is 0.237 e. The minimum Gasteiger partial charge on any atom is -0.381 e. The number of aromatic nitrogens is 2. The van der Waals surface area contributed by atoms with E-state index in [9.17, 15) is 14.0 Å². The molecule has 0 bridgehead atoms. The third kappa shape index (κ3) is 4.32. The van der Waals surface area contributed by atoms with Crippen LogP contribution in [0.5, 0.6) is 0 Å². The number of benzene rings is 2. The Bertz CT molecular complexity index is 1650. The third-order valence-electron chi connectivity index (χ3n) is 8.55. The first-order valence-electron chi connectivity index (χ1n) is 13.8. The molecular weight excluding hydrogens is 507 g/mol. The summed E-state index contributed by atoms with van der Waals surface area (Å²) in [6.45, 7) is 1.85. The van der Waals surface area contributed by atoms with Gasteiger partial charge in [0, 0.05) is 55.6 Å². The molecule has 1 spiro atoms. The Morgan fingerprint density at radius 2 is 1.80 bits per heavy atom. The second kappa shape index (κ2) is 9.78. The van der Waals surface area contributed by atoms with Gasteiger partial charge < -0.3 is 15.0 Å². The molecular formula is C32H29FN4O3. The van der Waals surface area contributed by atoms with Crippen LogP contribution < -0.4 is 5.32 Å². The van der Waals surface area contributed by atoms with Gasteiger partial charge in [0.15, 0.2) is 0 Å². The highest BCUT2D eigenvalue weighted by Gasteiger charge is 2.51. The first kappa shape index (κ1) is 24.8. The Morgan fingerprint density at radius 1 is 1.00 bits per heavy atom. The van der Waals surface area contributed by atoms with Crippen molar-refractivity contribution in [3.05, 3.63) is 101 Å². The fourth-order valence-electron chi connectivity index (χ4n) is 6.52. The molecule has 3 aliphatic rings. The van der Waals surface area contributed by atoms with Crippen molar-refractivity contribution in [2.24, 2.45) is 5.92 Å². The lowest BCUT2D eigenvalue weighted by Crippen LogP contribution is -2.37. The number of hydrogen-bond acceptors (Lipinski definition) is 5. The van der Waals surface area contributed by atoms with Gasteiger partial charge >= 0.3 is 0 Å². The predicted molar refractivity (Wildman–Crippen MR) is 148 cm³/mol. The Hall–Kier alpha value is -4.17. The summed E-state index contributed by atoms with van der Waals surface area (Å²) in [7, 11) is 0. The van der Waals surface area contributed by atoms with Gasteiger partial charge in [-0.1, -0.05) is 18.2 Å². The van der Waals surface area contributed by atoms with Crippen LogP contribution in [0.25, 0.3) is 10.9 Å². The summed E-state index contributed by atoms with van der Waals surface area (Å²) in [6.07, 6.45) is 6.12. The number of hydrogen-bond donors (Lipinski definition) is 1. The van der Waals surface area contributed by atoms with Crippen LogP contribution in [-0.4, -0.2) is 39.9 Å². The lowest BCUT2D eigenvalue weighted by atomic mass is 9.79. The molecule has 2 amide bonds. The lowest BCUT2D eigenvalue weighted by Gasteiger charge is -2.29. The molecule has 4 heterocycles. The van der Waals surface area contributed by atoms with Crippen molar-refractivity contribution >= 4 is 28.5 Å². The van der Waals surface area contributed by atoms with E-state index in [2.05, 4.69) is 28.5 Å². The SMILES string of the molecule is O=C(C1CCOCC1)N(Cc1cccc(F)c1)Cc1cnc2cc3c(cc2c1)C[C@@]1(C3)C(=O)Nc2ncccc21. The first-order valence-corrected chi connectivity index (χ1v) is 13.8. The van der Waals surface area contributed by atoms with Gasteiger partial charge in [-0.3, -0.25) is 14.6 Å². The van der Waals surface area contributed by atoms with Crippen molar-refractivity contribution in [2.75, 3.05) is 18.5 Å². The zero-order valence-electron chi connectivity index (χ0n) is 22.0. The van der Waals surface area contributed by atoms with Gasteiger partial charge in [0.25, 0.3) is 0 Å². The fraction of sp³-hybridized carbons (Fsp3) is 0.312. The predicted octanol–water partition coefficient (Wildman–Crippen LogP) is 4.71. The zero-order valence-corrected chi connectivity index (χ0v) is 22.0.